The SMILES string of the molecule is CC(=O)C(=O)OOP(=O)=O. The zero-order chi connectivity index (χ0) is 8.15. The smallest absolute Gasteiger partial charge is 0.287 e. The molecule has 0 atom stereocenters. The summed E-state index contributed by atoms with van der Waals surface area (Å²) in [6.07, 6.45) is 0. The Morgan fingerprint density at radius 2 is 1.80 bits per heavy atom. The lowest BCUT2D eigenvalue weighted by atomic mass is 10.5. The third kappa shape index (κ3) is 3.94. The number of rotatable bonds is 3. The monoisotopic (exact) mass is 166 g/mol. The number of carbonyl (C=O) groups is 2. The maximum atomic E-state index is 10.1. The summed E-state index contributed by atoms with van der Waals surface area (Å²) < 4.78 is 22.5. The summed E-state index contributed by atoms with van der Waals surface area (Å²) in [6, 6.07) is 0. The van der Waals surface area contributed by atoms with Gasteiger partial charge in [0, 0.05) is 6.92 Å². The Hall–Kier alpha value is -1.00. The number of Topliss-reactive ketones (excluding diaryl/α,β-unsaturated/α-hetero) is 1. The van der Waals surface area contributed by atoms with E-state index in [9.17, 15) is 18.7 Å². The van der Waals surface area contributed by atoms with Crippen LogP contribution in [0.15, 0.2) is 0 Å². The zero-order valence-electron chi connectivity index (χ0n) is 4.90. The number of carbonyl (C=O) groups excluding carboxylic acids is 2. The van der Waals surface area contributed by atoms with E-state index in [-0.39, 0.29) is 0 Å². The molecule has 0 aromatic heterocycles. The van der Waals surface area contributed by atoms with Gasteiger partial charge in [-0.3, -0.25) is 9.68 Å². The van der Waals surface area contributed by atoms with E-state index in [4.69, 9.17) is 0 Å². The van der Waals surface area contributed by atoms with Crippen molar-refractivity contribution in [2.75, 3.05) is 0 Å². The van der Waals surface area contributed by atoms with Crippen LogP contribution in [0.4, 0.5) is 0 Å². The van der Waals surface area contributed by atoms with Gasteiger partial charge in [0.15, 0.2) is 0 Å². The van der Waals surface area contributed by atoms with E-state index >= 15 is 0 Å². The number of ketones is 1. The van der Waals surface area contributed by atoms with Crippen LogP contribution in [0.5, 0.6) is 0 Å². The molecule has 0 rings (SSSR count). The second kappa shape index (κ2) is 3.92. The van der Waals surface area contributed by atoms with Crippen LogP contribution >= 0.6 is 7.91 Å². The fourth-order valence-electron chi connectivity index (χ4n) is 0.123. The highest BCUT2D eigenvalue weighted by Crippen LogP contribution is 2.04. The van der Waals surface area contributed by atoms with E-state index in [1.54, 1.807) is 0 Å². The summed E-state index contributed by atoms with van der Waals surface area (Å²) in [6.45, 7) is 0.920. The molecule has 56 valence electrons. The van der Waals surface area contributed by atoms with Crippen molar-refractivity contribution in [1.29, 1.82) is 0 Å². The molecule has 6 nitrogen and oxygen atoms in total. The summed E-state index contributed by atoms with van der Waals surface area (Å²) in [5.74, 6) is -2.28. The lowest BCUT2D eigenvalue weighted by Crippen LogP contribution is -2.11. The third-order valence-corrected chi connectivity index (χ3v) is 0.658. The topological polar surface area (TPSA) is 86.7 Å². The van der Waals surface area contributed by atoms with Gasteiger partial charge in [0.1, 0.15) is 0 Å². The standard InChI is InChI=1S/C3H3O6P/c1-2(4)3(5)8-9-10(6)7/h1H3. The van der Waals surface area contributed by atoms with Crippen LogP contribution < -0.4 is 0 Å². The highest BCUT2D eigenvalue weighted by Gasteiger charge is 2.10. The van der Waals surface area contributed by atoms with Crippen LogP contribution in [0.1, 0.15) is 6.92 Å². The predicted molar refractivity (Wildman–Crippen MR) is 26.2 cm³/mol. The second-order valence-corrected chi connectivity index (χ2v) is 1.82. The number of hydrogen-bond donors (Lipinski definition) is 0. The Balaban J connectivity index is 3.71. The highest BCUT2D eigenvalue weighted by atomic mass is 31.1. The minimum Gasteiger partial charge on any atom is -0.287 e. The first-order valence-electron chi connectivity index (χ1n) is 2.08. The molecule has 0 aliphatic carbocycles. The first-order valence-corrected chi connectivity index (χ1v) is 3.17. The fraction of sp³-hybridized carbons (Fsp3) is 0.333. The molecule has 0 amide bonds. The summed E-state index contributed by atoms with van der Waals surface area (Å²) in [5.41, 5.74) is 0. The molecule has 7 heteroatoms. The van der Waals surface area contributed by atoms with Crippen LogP contribution in [0.25, 0.3) is 0 Å². The minimum absolute atomic E-state index is 0.920. The lowest BCUT2D eigenvalue weighted by Gasteiger charge is -1.88. The molecule has 0 aromatic carbocycles. The lowest BCUT2D eigenvalue weighted by molar-refractivity contribution is -0.210. The van der Waals surface area contributed by atoms with Crippen molar-refractivity contribution < 1.29 is 28.3 Å². The molecule has 0 aliphatic heterocycles. The van der Waals surface area contributed by atoms with Gasteiger partial charge in [-0.25, -0.2) is 13.9 Å². The quantitative estimate of drug-likeness (QED) is 0.256. The summed E-state index contributed by atoms with van der Waals surface area (Å²) in [7, 11) is -3.25. The van der Waals surface area contributed by atoms with E-state index in [2.05, 4.69) is 9.56 Å². The van der Waals surface area contributed by atoms with E-state index in [1.807, 2.05) is 0 Å². The van der Waals surface area contributed by atoms with Crippen LogP contribution in [0, 0.1) is 0 Å². The molecule has 10 heavy (non-hydrogen) atoms. The average molecular weight is 166 g/mol. The fourth-order valence-corrected chi connectivity index (χ4v) is 0.252. The number of hydrogen-bond acceptors (Lipinski definition) is 6. The van der Waals surface area contributed by atoms with E-state index in [1.165, 1.54) is 0 Å². The van der Waals surface area contributed by atoms with Crippen LogP contribution in [0.2, 0.25) is 0 Å². The Morgan fingerprint density at radius 3 is 2.10 bits per heavy atom. The van der Waals surface area contributed by atoms with Gasteiger partial charge in [-0.2, -0.15) is 0 Å². The Kier molecular flexibility index (Phi) is 3.53. The Labute approximate surface area is 55.9 Å². The van der Waals surface area contributed by atoms with Gasteiger partial charge in [-0.15, -0.1) is 0 Å². The average Bonchev–Trinajstić information content (AvgIpc) is 1.82. The van der Waals surface area contributed by atoms with Crippen molar-refractivity contribution >= 4 is 19.7 Å². The highest BCUT2D eigenvalue weighted by molar-refractivity contribution is 7.24. The minimum atomic E-state index is -3.25. The molecule has 0 aromatic rings. The second-order valence-electron chi connectivity index (χ2n) is 1.23. The molecule has 0 unspecified atom stereocenters. The normalized spacial score (nSPS) is 8.50. The van der Waals surface area contributed by atoms with Crippen LogP contribution in [0.3, 0.4) is 0 Å². The van der Waals surface area contributed by atoms with Gasteiger partial charge in [-0.05, 0) is 0 Å². The molecule has 0 heterocycles. The van der Waals surface area contributed by atoms with Gasteiger partial charge >= 0.3 is 13.9 Å². The van der Waals surface area contributed by atoms with Crippen molar-refractivity contribution in [2.45, 2.75) is 6.92 Å². The van der Waals surface area contributed by atoms with Crippen LogP contribution in [-0.4, -0.2) is 11.8 Å². The molecule has 0 saturated heterocycles. The Bertz CT molecular complexity index is 207. The van der Waals surface area contributed by atoms with Crippen molar-refractivity contribution in [3.05, 3.63) is 0 Å². The van der Waals surface area contributed by atoms with Gasteiger partial charge in [-0.1, -0.05) is 4.67 Å². The van der Waals surface area contributed by atoms with Crippen LogP contribution in [-0.2, 0) is 28.3 Å². The van der Waals surface area contributed by atoms with Gasteiger partial charge in [0.2, 0.25) is 5.78 Å². The first-order chi connectivity index (χ1) is 4.54. The maximum Gasteiger partial charge on any atom is 0.505 e. The zero-order valence-corrected chi connectivity index (χ0v) is 5.79. The van der Waals surface area contributed by atoms with E-state index in [0.29, 0.717) is 0 Å². The Morgan fingerprint density at radius 1 is 1.30 bits per heavy atom. The van der Waals surface area contributed by atoms with E-state index < -0.39 is 19.7 Å². The molecule has 0 N–H and O–H groups in total. The third-order valence-electron chi connectivity index (χ3n) is 0.461. The molecule has 0 radical (unpaired) electrons. The first kappa shape index (κ1) is 9.00. The maximum absolute atomic E-state index is 10.1. The molecule has 0 saturated carbocycles. The summed E-state index contributed by atoms with van der Waals surface area (Å²) in [5, 5.41) is 0. The van der Waals surface area contributed by atoms with Gasteiger partial charge in [0.25, 0.3) is 0 Å². The van der Waals surface area contributed by atoms with Crippen molar-refractivity contribution in [1.82, 2.24) is 0 Å². The molecular weight excluding hydrogens is 163 g/mol. The van der Waals surface area contributed by atoms with Gasteiger partial charge < -0.3 is 0 Å². The molecule has 0 bridgehead atoms. The molecule has 0 aliphatic rings. The summed E-state index contributed by atoms with van der Waals surface area (Å²) >= 11 is 0. The van der Waals surface area contributed by atoms with Gasteiger partial charge in [0.05, 0.1) is 0 Å². The molecular formula is C3H3O6P. The summed E-state index contributed by atoms with van der Waals surface area (Å²) in [4.78, 5) is 23.6. The van der Waals surface area contributed by atoms with Crippen molar-refractivity contribution in [3.63, 3.8) is 0 Å². The van der Waals surface area contributed by atoms with Crippen molar-refractivity contribution in [2.24, 2.45) is 0 Å². The predicted octanol–water partition coefficient (Wildman–Crippen LogP) is 0.138. The van der Waals surface area contributed by atoms with Crippen molar-refractivity contribution in [3.8, 4) is 0 Å². The van der Waals surface area contributed by atoms with E-state index in [0.717, 1.165) is 6.92 Å². The molecule has 0 spiro atoms. The largest absolute Gasteiger partial charge is 0.505 e. The molecule has 0 fully saturated rings.